The van der Waals surface area contributed by atoms with Gasteiger partial charge in [-0.05, 0) is 28.8 Å². The third-order valence-electron chi connectivity index (χ3n) is 3.33. The minimum absolute atomic E-state index is 0.0403. The van der Waals surface area contributed by atoms with Gasteiger partial charge in [0, 0.05) is 18.3 Å². The van der Waals surface area contributed by atoms with Crippen LogP contribution >= 0.6 is 15.9 Å². The third kappa shape index (κ3) is 1.80. The van der Waals surface area contributed by atoms with E-state index in [0.717, 1.165) is 19.3 Å². The van der Waals surface area contributed by atoms with Crippen LogP contribution in [0.3, 0.4) is 0 Å². The molecule has 2 aromatic heterocycles. The standard InChI is InChI=1S/C12H11BrFN3O/c13-7-4-15-11-9(10(7)14)8(5-16-11)17-12(18)6-2-1-3-6/h4-6H,1-3H2,(H,15,16)(H,17,18). The van der Waals surface area contributed by atoms with Gasteiger partial charge < -0.3 is 10.3 Å². The number of rotatable bonds is 2. The fraction of sp³-hybridized carbons (Fsp3) is 0.333. The predicted molar refractivity (Wildman–Crippen MR) is 69.7 cm³/mol. The fourth-order valence-corrected chi connectivity index (χ4v) is 2.34. The quantitative estimate of drug-likeness (QED) is 0.894. The molecule has 0 atom stereocenters. The average Bonchev–Trinajstić information content (AvgIpc) is 2.65. The number of fused-ring (bicyclic) bond motifs is 1. The van der Waals surface area contributed by atoms with Crippen molar-refractivity contribution in [3.8, 4) is 0 Å². The van der Waals surface area contributed by atoms with Gasteiger partial charge in [-0.1, -0.05) is 6.42 Å². The molecule has 4 nitrogen and oxygen atoms in total. The van der Waals surface area contributed by atoms with Gasteiger partial charge in [-0.15, -0.1) is 0 Å². The molecule has 1 fully saturated rings. The van der Waals surface area contributed by atoms with Crippen LogP contribution < -0.4 is 5.32 Å². The Hall–Kier alpha value is -1.43. The highest BCUT2D eigenvalue weighted by atomic mass is 79.9. The fourth-order valence-electron chi connectivity index (χ4n) is 2.04. The van der Waals surface area contributed by atoms with Gasteiger partial charge in [0.05, 0.1) is 15.5 Å². The summed E-state index contributed by atoms with van der Waals surface area (Å²) in [5.41, 5.74) is 0.882. The Kier molecular flexibility index (Phi) is 2.81. The highest BCUT2D eigenvalue weighted by Crippen LogP contribution is 2.31. The molecule has 0 aliphatic heterocycles. The number of H-pyrrole nitrogens is 1. The Morgan fingerprint density at radius 3 is 3.00 bits per heavy atom. The number of pyridine rings is 1. The molecule has 2 aromatic rings. The van der Waals surface area contributed by atoms with Gasteiger partial charge in [-0.25, -0.2) is 9.37 Å². The molecular formula is C12H11BrFN3O. The molecule has 1 aliphatic carbocycles. The van der Waals surface area contributed by atoms with Crippen LogP contribution in [0.5, 0.6) is 0 Å². The largest absolute Gasteiger partial charge is 0.344 e. The average molecular weight is 312 g/mol. The lowest BCUT2D eigenvalue weighted by Crippen LogP contribution is -2.27. The van der Waals surface area contributed by atoms with E-state index in [2.05, 4.69) is 31.2 Å². The smallest absolute Gasteiger partial charge is 0.227 e. The van der Waals surface area contributed by atoms with Gasteiger partial charge >= 0.3 is 0 Å². The van der Waals surface area contributed by atoms with Crippen molar-refractivity contribution in [1.29, 1.82) is 0 Å². The van der Waals surface area contributed by atoms with Crippen molar-refractivity contribution in [3.63, 3.8) is 0 Å². The van der Waals surface area contributed by atoms with E-state index in [1.807, 2.05) is 0 Å². The third-order valence-corrected chi connectivity index (χ3v) is 3.88. The van der Waals surface area contributed by atoms with Gasteiger partial charge in [-0.2, -0.15) is 0 Å². The Labute approximate surface area is 111 Å². The zero-order chi connectivity index (χ0) is 12.7. The molecule has 2 N–H and O–H groups in total. The van der Waals surface area contributed by atoms with Crippen LogP contribution in [0, 0.1) is 11.7 Å². The second-order valence-electron chi connectivity index (χ2n) is 4.46. The molecule has 3 rings (SSSR count). The van der Waals surface area contributed by atoms with E-state index < -0.39 is 5.82 Å². The molecule has 0 bridgehead atoms. The van der Waals surface area contributed by atoms with Crippen LogP contribution in [0.15, 0.2) is 16.9 Å². The summed E-state index contributed by atoms with van der Waals surface area (Å²) in [7, 11) is 0. The molecule has 0 radical (unpaired) electrons. The van der Waals surface area contributed by atoms with Crippen molar-refractivity contribution in [2.45, 2.75) is 19.3 Å². The number of nitrogens with one attached hydrogen (secondary N) is 2. The molecular weight excluding hydrogens is 301 g/mol. The van der Waals surface area contributed by atoms with Gasteiger partial charge in [0.15, 0.2) is 5.82 Å². The molecule has 6 heteroatoms. The topological polar surface area (TPSA) is 57.8 Å². The molecule has 1 aliphatic rings. The number of hydrogen-bond acceptors (Lipinski definition) is 2. The number of aromatic amines is 1. The number of carbonyl (C=O) groups is 1. The second kappa shape index (κ2) is 4.35. The minimum atomic E-state index is -0.412. The summed E-state index contributed by atoms with van der Waals surface area (Å²) in [6.07, 6.45) is 5.89. The summed E-state index contributed by atoms with van der Waals surface area (Å²) in [4.78, 5) is 18.8. The van der Waals surface area contributed by atoms with Crippen LogP contribution in [0.2, 0.25) is 0 Å². The summed E-state index contributed by atoms with van der Waals surface area (Å²) in [5.74, 6) is -0.384. The van der Waals surface area contributed by atoms with E-state index in [-0.39, 0.29) is 16.3 Å². The Balaban J connectivity index is 1.96. The molecule has 0 unspecified atom stereocenters. The zero-order valence-corrected chi connectivity index (χ0v) is 11.1. The lowest BCUT2D eigenvalue weighted by Gasteiger charge is -2.23. The van der Waals surface area contributed by atoms with Crippen molar-refractivity contribution in [3.05, 3.63) is 22.7 Å². The second-order valence-corrected chi connectivity index (χ2v) is 5.32. The number of nitrogens with zero attached hydrogens (tertiary/aromatic N) is 1. The van der Waals surface area contributed by atoms with Gasteiger partial charge in [0.2, 0.25) is 5.91 Å². The zero-order valence-electron chi connectivity index (χ0n) is 9.46. The van der Waals surface area contributed by atoms with Crippen LogP contribution in [0.4, 0.5) is 10.1 Å². The highest BCUT2D eigenvalue weighted by molar-refractivity contribution is 9.10. The maximum Gasteiger partial charge on any atom is 0.227 e. The number of aromatic nitrogens is 2. The summed E-state index contributed by atoms with van der Waals surface area (Å²) in [6, 6.07) is 0. The summed E-state index contributed by atoms with van der Waals surface area (Å²) in [5, 5.41) is 3.08. The Morgan fingerprint density at radius 2 is 2.33 bits per heavy atom. The SMILES string of the molecule is O=C(Nc1c[nH]c2ncc(Br)c(F)c12)C1CCC1. The maximum absolute atomic E-state index is 14.0. The van der Waals surface area contributed by atoms with Gasteiger partial charge in [0.25, 0.3) is 0 Å². The normalized spacial score (nSPS) is 15.7. The van der Waals surface area contributed by atoms with E-state index in [0.29, 0.717) is 16.7 Å². The predicted octanol–water partition coefficient (Wildman–Crippen LogP) is 3.20. The number of hydrogen-bond donors (Lipinski definition) is 2. The Morgan fingerprint density at radius 1 is 1.56 bits per heavy atom. The lowest BCUT2D eigenvalue weighted by atomic mass is 9.85. The summed E-state index contributed by atoms with van der Waals surface area (Å²) < 4.78 is 14.3. The van der Waals surface area contributed by atoms with Crippen molar-refractivity contribution in [2.24, 2.45) is 5.92 Å². The number of carbonyl (C=O) groups excluding carboxylic acids is 1. The first-order valence-electron chi connectivity index (χ1n) is 5.79. The van der Waals surface area contributed by atoms with Crippen LogP contribution in [0.1, 0.15) is 19.3 Å². The Bertz CT molecular complexity index is 621. The maximum atomic E-state index is 14.0. The van der Waals surface area contributed by atoms with Crippen LogP contribution in [0.25, 0.3) is 11.0 Å². The molecule has 0 spiro atoms. The van der Waals surface area contributed by atoms with Crippen molar-refractivity contribution >= 4 is 38.6 Å². The molecule has 1 saturated carbocycles. The number of halogens is 2. The molecule has 94 valence electrons. The minimum Gasteiger partial charge on any atom is -0.344 e. The van der Waals surface area contributed by atoms with Crippen LogP contribution in [-0.4, -0.2) is 15.9 Å². The van der Waals surface area contributed by atoms with E-state index in [4.69, 9.17) is 0 Å². The van der Waals surface area contributed by atoms with Crippen molar-refractivity contribution in [1.82, 2.24) is 9.97 Å². The van der Waals surface area contributed by atoms with E-state index >= 15 is 0 Å². The number of anilines is 1. The monoisotopic (exact) mass is 311 g/mol. The van der Waals surface area contributed by atoms with E-state index in [1.165, 1.54) is 6.20 Å². The van der Waals surface area contributed by atoms with Gasteiger partial charge in [0.1, 0.15) is 5.65 Å². The summed E-state index contributed by atoms with van der Waals surface area (Å²) >= 11 is 3.09. The first kappa shape index (κ1) is 11.6. The lowest BCUT2D eigenvalue weighted by molar-refractivity contribution is -0.122. The molecule has 0 aromatic carbocycles. The van der Waals surface area contributed by atoms with E-state index in [9.17, 15) is 9.18 Å². The molecule has 1 amide bonds. The van der Waals surface area contributed by atoms with Crippen molar-refractivity contribution in [2.75, 3.05) is 5.32 Å². The van der Waals surface area contributed by atoms with E-state index in [1.54, 1.807) is 6.20 Å². The molecule has 18 heavy (non-hydrogen) atoms. The summed E-state index contributed by atoms with van der Waals surface area (Å²) in [6.45, 7) is 0. The highest BCUT2D eigenvalue weighted by Gasteiger charge is 2.26. The molecule has 0 saturated heterocycles. The van der Waals surface area contributed by atoms with Gasteiger partial charge in [-0.3, -0.25) is 4.79 Å². The molecule has 2 heterocycles. The van der Waals surface area contributed by atoms with Crippen molar-refractivity contribution < 1.29 is 9.18 Å². The van der Waals surface area contributed by atoms with Crippen LogP contribution in [-0.2, 0) is 4.79 Å². The first-order valence-corrected chi connectivity index (χ1v) is 6.58. The number of amides is 1. The first-order chi connectivity index (χ1) is 8.66.